The lowest BCUT2D eigenvalue weighted by molar-refractivity contribution is 0.171. The van der Waals surface area contributed by atoms with Gasteiger partial charge in [-0.1, -0.05) is 0 Å². The molecule has 4 nitrogen and oxygen atoms in total. The molecule has 1 aromatic carbocycles. The maximum atomic E-state index is 5.63. The lowest BCUT2D eigenvalue weighted by atomic mass is 10.1. The highest BCUT2D eigenvalue weighted by Crippen LogP contribution is 2.35. The van der Waals surface area contributed by atoms with E-state index in [1.165, 1.54) is 0 Å². The van der Waals surface area contributed by atoms with Gasteiger partial charge in [0.1, 0.15) is 13.2 Å². The molecule has 6 heteroatoms. The van der Waals surface area contributed by atoms with E-state index in [1.54, 1.807) is 22.7 Å². The molecule has 0 atom stereocenters. The van der Waals surface area contributed by atoms with Crippen molar-refractivity contribution in [2.24, 2.45) is 0 Å². The average Bonchev–Trinajstić information content (AvgIpc) is 3.16. The molecule has 0 saturated heterocycles. The smallest absolute Gasteiger partial charge is 0.162 e. The van der Waals surface area contributed by atoms with Gasteiger partial charge < -0.3 is 9.47 Å². The second-order valence-corrected chi connectivity index (χ2v) is 7.02. The van der Waals surface area contributed by atoms with Crippen molar-refractivity contribution < 1.29 is 9.47 Å². The molecular weight excluding hydrogens is 316 g/mol. The summed E-state index contributed by atoms with van der Waals surface area (Å²) in [6, 6.07) is 5.98. The number of thiazole rings is 2. The van der Waals surface area contributed by atoms with Crippen LogP contribution >= 0.6 is 22.7 Å². The van der Waals surface area contributed by atoms with E-state index in [9.17, 15) is 0 Å². The summed E-state index contributed by atoms with van der Waals surface area (Å²) in [5.74, 6) is 1.61. The zero-order valence-electron chi connectivity index (χ0n) is 12.0. The number of benzene rings is 1. The van der Waals surface area contributed by atoms with Crippen molar-refractivity contribution in [2.75, 3.05) is 13.2 Å². The summed E-state index contributed by atoms with van der Waals surface area (Å²) in [6.07, 6.45) is 0.791. The quantitative estimate of drug-likeness (QED) is 0.730. The van der Waals surface area contributed by atoms with Crippen molar-refractivity contribution in [3.63, 3.8) is 0 Å². The van der Waals surface area contributed by atoms with E-state index in [0.29, 0.717) is 13.2 Å². The fourth-order valence-corrected chi connectivity index (χ4v) is 3.80. The van der Waals surface area contributed by atoms with Gasteiger partial charge in [0.05, 0.1) is 21.4 Å². The number of nitrogens with zero attached hydrogens (tertiary/aromatic N) is 2. The standard InChI is InChI=1S/C16H14N2O2S2/c1-10-17-12(8-21-10)7-16-18-13(9-22-16)11-2-3-14-15(6-11)20-5-4-19-14/h2-3,6,8-9H,4-5,7H2,1H3. The van der Waals surface area contributed by atoms with E-state index in [1.807, 2.05) is 25.1 Å². The minimum absolute atomic E-state index is 0.599. The van der Waals surface area contributed by atoms with Crippen LogP contribution in [0, 0.1) is 6.92 Å². The van der Waals surface area contributed by atoms with E-state index in [0.717, 1.165) is 44.9 Å². The summed E-state index contributed by atoms with van der Waals surface area (Å²) < 4.78 is 11.2. The Morgan fingerprint density at radius 3 is 2.73 bits per heavy atom. The summed E-state index contributed by atoms with van der Waals surface area (Å²) >= 11 is 3.34. The summed E-state index contributed by atoms with van der Waals surface area (Å²) in [5.41, 5.74) is 3.12. The van der Waals surface area contributed by atoms with Crippen LogP contribution in [0.3, 0.4) is 0 Å². The van der Waals surface area contributed by atoms with Crippen LogP contribution in [0.15, 0.2) is 29.0 Å². The molecule has 0 unspecified atom stereocenters. The molecule has 0 fully saturated rings. The zero-order valence-corrected chi connectivity index (χ0v) is 13.7. The summed E-state index contributed by atoms with van der Waals surface area (Å²) in [7, 11) is 0. The summed E-state index contributed by atoms with van der Waals surface area (Å²) in [5, 5.41) is 6.36. The van der Waals surface area contributed by atoms with Gasteiger partial charge in [0.15, 0.2) is 11.5 Å². The summed E-state index contributed by atoms with van der Waals surface area (Å²) in [6.45, 7) is 3.23. The largest absolute Gasteiger partial charge is 0.486 e. The predicted molar refractivity (Wildman–Crippen MR) is 88.2 cm³/mol. The van der Waals surface area contributed by atoms with Crippen LogP contribution in [-0.4, -0.2) is 23.2 Å². The maximum Gasteiger partial charge on any atom is 0.162 e. The molecule has 0 bridgehead atoms. The first kappa shape index (κ1) is 13.7. The van der Waals surface area contributed by atoms with Gasteiger partial charge in [-0.2, -0.15) is 0 Å². The normalized spacial score (nSPS) is 13.3. The SMILES string of the molecule is Cc1nc(Cc2nc(-c3ccc4c(c3)OCCO4)cs2)cs1. The zero-order chi connectivity index (χ0) is 14.9. The number of hydrogen-bond donors (Lipinski definition) is 0. The Kier molecular flexibility index (Phi) is 3.56. The average molecular weight is 330 g/mol. The van der Waals surface area contributed by atoms with Gasteiger partial charge >= 0.3 is 0 Å². The fourth-order valence-electron chi connectivity index (χ4n) is 2.37. The topological polar surface area (TPSA) is 44.2 Å². The maximum absolute atomic E-state index is 5.63. The molecule has 112 valence electrons. The van der Waals surface area contributed by atoms with Gasteiger partial charge in [-0.05, 0) is 25.1 Å². The molecule has 3 aromatic rings. The van der Waals surface area contributed by atoms with Crippen molar-refractivity contribution in [3.05, 3.63) is 44.7 Å². The molecule has 1 aliphatic heterocycles. The number of ether oxygens (including phenoxy) is 2. The lowest BCUT2D eigenvalue weighted by Crippen LogP contribution is -2.15. The lowest BCUT2D eigenvalue weighted by Gasteiger charge is -2.18. The van der Waals surface area contributed by atoms with Gasteiger partial charge in [0, 0.05) is 22.7 Å². The van der Waals surface area contributed by atoms with Crippen LogP contribution in [0.4, 0.5) is 0 Å². The highest BCUT2D eigenvalue weighted by molar-refractivity contribution is 7.10. The summed E-state index contributed by atoms with van der Waals surface area (Å²) in [4.78, 5) is 9.22. The number of aryl methyl sites for hydroxylation is 1. The highest BCUT2D eigenvalue weighted by atomic mass is 32.1. The molecule has 0 radical (unpaired) electrons. The predicted octanol–water partition coefficient (Wildman–Crippen LogP) is 3.94. The van der Waals surface area contributed by atoms with Crippen molar-refractivity contribution >= 4 is 22.7 Å². The molecule has 3 heterocycles. The number of fused-ring (bicyclic) bond motifs is 1. The second kappa shape index (κ2) is 5.70. The van der Waals surface area contributed by atoms with E-state index in [2.05, 4.69) is 15.7 Å². The first-order valence-electron chi connectivity index (χ1n) is 7.03. The van der Waals surface area contributed by atoms with Crippen LogP contribution in [0.2, 0.25) is 0 Å². The fraction of sp³-hybridized carbons (Fsp3) is 0.250. The number of rotatable bonds is 3. The second-order valence-electron chi connectivity index (χ2n) is 5.02. The van der Waals surface area contributed by atoms with Crippen LogP contribution in [0.5, 0.6) is 11.5 Å². The molecule has 0 N–H and O–H groups in total. The Hall–Kier alpha value is -1.92. The Balaban J connectivity index is 1.58. The molecule has 2 aromatic heterocycles. The van der Waals surface area contributed by atoms with Crippen LogP contribution in [0.1, 0.15) is 15.7 Å². The third kappa shape index (κ3) is 2.71. The van der Waals surface area contributed by atoms with Gasteiger partial charge in [-0.3, -0.25) is 0 Å². The molecule has 0 saturated carbocycles. The highest BCUT2D eigenvalue weighted by Gasteiger charge is 2.14. The van der Waals surface area contributed by atoms with E-state index in [4.69, 9.17) is 14.5 Å². The van der Waals surface area contributed by atoms with E-state index >= 15 is 0 Å². The first-order chi connectivity index (χ1) is 10.8. The Bertz CT molecular complexity index is 810. The van der Waals surface area contributed by atoms with Crippen LogP contribution in [0.25, 0.3) is 11.3 Å². The van der Waals surface area contributed by atoms with Crippen molar-refractivity contribution in [2.45, 2.75) is 13.3 Å². The Labute approximate surface area is 136 Å². The van der Waals surface area contributed by atoms with Crippen LogP contribution in [-0.2, 0) is 6.42 Å². The van der Waals surface area contributed by atoms with Crippen molar-refractivity contribution in [1.29, 1.82) is 0 Å². The monoisotopic (exact) mass is 330 g/mol. The molecule has 4 rings (SSSR count). The molecular formula is C16H14N2O2S2. The van der Waals surface area contributed by atoms with Gasteiger partial charge in [-0.25, -0.2) is 9.97 Å². The van der Waals surface area contributed by atoms with Gasteiger partial charge in [0.25, 0.3) is 0 Å². The minimum atomic E-state index is 0.599. The molecule has 0 aliphatic carbocycles. The van der Waals surface area contributed by atoms with Gasteiger partial charge in [-0.15, -0.1) is 22.7 Å². The van der Waals surface area contributed by atoms with Crippen molar-refractivity contribution in [3.8, 4) is 22.8 Å². The Morgan fingerprint density at radius 2 is 1.91 bits per heavy atom. The van der Waals surface area contributed by atoms with E-state index in [-0.39, 0.29) is 0 Å². The molecule has 0 spiro atoms. The third-order valence-electron chi connectivity index (χ3n) is 3.39. The molecule has 22 heavy (non-hydrogen) atoms. The first-order valence-corrected chi connectivity index (χ1v) is 8.79. The molecule has 1 aliphatic rings. The van der Waals surface area contributed by atoms with Crippen molar-refractivity contribution in [1.82, 2.24) is 9.97 Å². The number of aromatic nitrogens is 2. The third-order valence-corrected chi connectivity index (χ3v) is 5.06. The van der Waals surface area contributed by atoms with E-state index < -0.39 is 0 Å². The Morgan fingerprint density at radius 1 is 1.05 bits per heavy atom. The molecule has 0 amide bonds. The van der Waals surface area contributed by atoms with Crippen LogP contribution < -0.4 is 9.47 Å². The van der Waals surface area contributed by atoms with Gasteiger partial charge in [0.2, 0.25) is 0 Å². The number of hydrogen-bond acceptors (Lipinski definition) is 6. The minimum Gasteiger partial charge on any atom is -0.486 e.